The Kier molecular flexibility index (Phi) is 3.02. The lowest BCUT2D eigenvalue weighted by atomic mass is 9.97. The second kappa shape index (κ2) is 4.36. The molecule has 2 rings (SSSR count). The van der Waals surface area contributed by atoms with Crippen molar-refractivity contribution in [1.82, 2.24) is 15.2 Å². The van der Waals surface area contributed by atoms with E-state index in [-0.39, 0.29) is 12.5 Å². The highest BCUT2D eigenvalue weighted by Crippen LogP contribution is 2.26. The molecular weight excluding hydrogens is 237 g/mol. The van der Waals surface area contributed by atoms with Crippen molar-refractivity contribution in [3.63, 3.8) is 0 Å². The third-order valence-electron chi connectivity index (χ3n) is 3.34. The van der Waals surface area contributed by atoms with Crippen LogP contribution in [0.1, 0.15) is 25.8 Å². The van der Waals surface area contributed by atoms with Gasteiger partial charge >= 0.3 is 6.03 Å². The van der Waals surface area contributed by atoms with E-state index in [1.807, 2.05) is 6.92 Å². The number of rotatable bonds is 3. The van der Waals surface area contributed by atoms with Crippen molar-refractivity contribution in [3.05, 3.63) is 29.8 Å². The number of hydrogen-bond donors (Lipinski definition) is 1. The summed E-state index contributed by atoms with van der Waals surface area (Å²) in [6, 6.07) is 0.854. The van der Waals surface area contributed by atoms with Gasteiger partial charge in [-0.1, -0.05) is 6.92 Å². The summed E-state index contributed by atoms with van der Waals surface area (Å²) in [6.07, 6.45) is 3.07. The Labute approximate surface area is 104 Å². The first-order valence-electron chi connectivity index (χ1n) is 5.70. The fraction of sp³-hybridized carbons (Fsp3) is 0.417. The lowest BCUT2D eigenvalue weighted by molar-refractivity contribution is -0.126. The molecule has 1 fully saturated rings. The zero-order valence-corrected chi connectivity index (χ0v) is 10.2. The minimum Gasteiger partial charge on any atom is -0.306 e. The van der Waals surface area contributed by atoms with Gasteiger partial charge in [0.2, 0.25) is 0 Å². The SMILES string of the molecule is CCC1(C)C(=O)NC(=O)N1Cc1cncc(F)c1. The summed E-state index contributed by atoms with van der Waals surface area (Å²) in [7, 11) is 0. The van der Waals surface area contributed by atoms with Crippen molar-refractivity contribution in [3.8, 4) is 0 Å². The summed E-state index contributed by atoms with van der Waals surface area (Å²) in [6.45, 7) is 3.68. The highest BCUT2D eigenvalue weighted by Gasteiger charge is 2.47. The van der Waals surface area contributed by atoms with Crippen LogP contribution in [0.4, 0.5) is 9.18 Å². The number of hydrogen-bond acceptors (Lipinski definition) is 3. The van der Waals surface area contributed by atoms with E-state index >= 15 is 0 Å². The number of nitrogens with one attached hydrogen (secondary N) is 1. The third kappa shape index (κ3) is 1.94. The Morgan fingerprint density at radius 2 is 2.17 bits per heavy atom. The molecule has 1 atom stereocenters. The topological polar surface area (TPSA) is 62.3 Å². The number of carbonyl (C=O) groups excluding carboxylic acids is 2. The van der Waals surface area contributed by atoms with Crippen molar-refractivity contribution in [2.45, 2.75) is 32.4 Å². The van der Waals surface area contributed by atoms with Crippen LogP contribution >= 0.6 is 0 Å². The largest absolute Gasteiger partial charge is 0.325 e. The lowest BCUT2D eigenvalue weighted by Gasteiger charge is -2.30. The summed E-state index contributed by atoms with van der Waals surface area (Å²) >= 11 is 0. The normalized spacial score (nSPS) is 23.4. The molecule has 1 aromatic rings. The van der Waals surface area contributed by atoms with Gasteiger partial charge in [0, 0.05) is 6.20 Å². The number of aromatic nitrogens is 1. The first-order chi connectivity index (χ1) is 8.47. The number of pyridine rings is 1. The zero-order valence-electron chi connectivity index (χ0n) is 10.2. The van der Waals surface area contributed by atoms with Crippen molar-refractivity contribution >= 4 is 11.9 Å². The first kappa shape index (κ1) is 12.5. The van der Waals surface area contributed by atoms with Crippen LogP contribution in [0.5, 0.6) is 0 Å². The van der Waals surface area contributed by atoms with Gasteiger partial charge < -0.3 is 4.90 Å². The monoisotopic (exact) mass is 251 g/mol. The van der Waals surface area contributed by atoms with Crippen molar-refractivity contribution in [2.24, 2.45) is 0 Å². The molecule has 0 radical (unpaired) electrons. The number of carbonyl (C=O) groups is 2. The van der Waals surface area contributed by atoms with Gasteiger partial charge in [0.05, 0.1) is 12.7 Å². The molecule has 0 bridgehead atoms. The van der Waals surface area contributed by atoms with Crippen molar-refractivity contribution in [2.75, 3.05) is 0 Å². The first-order valence-corrected chi connectivity index (χ1v) is 5.70. The van der Waals surface area contributed by atoms with Gasteiger partial charge in [-0.3, -0.25) is 15.1 Å². The highest BCUT2D eigenvalue weighted by atomic mass is 19.1. The Bertz CT molecular complexity index is 506. The molecule has 96 valence electrons. The number of amides is 3. The van der Waals surface area contributed by atoms with Crippen LogP contribution in [-0.2, 0) is 11.3 Å². The van der Waals surface area contributed by atoms with Crippen LogP contribution in [0.2, 0.25) is 0 Å². The molecule has 1 saturated heterocycles. The number of halogens is 1. The Morgan fingerprint density at radius 1 is 1.44 bits per heavy atom. The van der Waals surface area contributed by atoms with Gasteiger partial charge in [-0.15, -0.1) is 0 Å². The van der Waals surface area contributed by atoms with E-state index in [1.165, 1.54) is 17.2 Å². The van der Waals surface area contributed by atoms with Crippen molar-refractivity contribution < 1.29 is 14.0 Å². The fourth-order valence-electron chi connectivity index (χ4n) is 1.97. The molecule has 6 heteroatoms. The standard InChI is InChI=1S/C12H14FN3O2/c1-3-12(2)10(17)15-11(18)16(12)7-8-4-9(13)6-14-5-8/h4-6H,3,7H2,1-2H3,(H,15,17,18). The van der Waals surface area contributed by atoms with Gasteiger partial charge in [-0.05, 0) is 25.0 Å². The molecule has 1 aromatic heterocycles. The second-order valence-corrected chi connectivity index (χ2v) is 4.48. The minimum atomic E-state index is -0.886. The summed E-state index contributed by atoms with van der Waals surface area (Å²) < 4.78 is 13.0. The minimum absolute atomic E-state index is 0.159. The molecule has 0 aromatic carbocycles. The zero-order chi connectivity index (χ0) is 13.3. The smallest absolute Gasteiger partial charge is 0.306 e. The summed E-state index contributed by atoms with van der Waals surface area (Å²) in [5, 5.41) is 2.28. The Morgan fingerprint density at radius 3 is 2.78 bits per heavy atom. The molecular formula is C12H14FN3O2. The molecule has 5 nitrogen and oxygen atoms in total. The summed E-state index contributed by atoms with van der Waals surface area (Å²) in [4.78, 5) is 28.6. The van der Waals surface area contributed by atoms with E-state index in [0.29, 0.717) is 12.0 Å². The van der Waals surface area contributed by atoms with Crippen molar-refractivity contribution in [1.29, 1.82) is 0 Å². The molecule has 1 aliphatic rings. The van der Waals surface area contributed by atoms with Crippen LogP contribution in [0.15, 0.2) is 18.5 Å². The van der Waals surface area contributed by atoms with Crippen LogP contribution in [0, 0.1) is 5.82 Å². The van der Waals surface area contributed by atoms with Crippen LogP contribution in [0.25, 0.3) is 0 Å². The van der Waals surface area contributed by atoms with Crippen LogP contribution in [-0.4, -0.2) is 27.4 Å². The van der Waals surface area contributed by atoms with E-state index in [1.54, 1.807) is 6.92 Å². The molecule has 0 saturated carbocycles. The average molecular weight is 251 g/mol. The number of urea groups is 1. The Hall–Kier alpha value is -1.98. The van der Waals surface area contributed by atoms with Gasteiger partial charge in [0.1, 0.15) is 11.4 Å². The maximum absolute atomic E-state index is 13.0. The molecule has 18 heavy (non-hydrogen) atoms. The fourth-order valence-corrected chi connectivity index (χ4v) is 1.97. The maximum atomic E-state index is 13.0. The molecule has 2 heterocycles. The Balaban J connectivity index is 2.27. The van der Waals surface area contributed by atoms with Gasteiger partial charge in [-0.25, -0.2) is 9.18 Å². The molecule has 1 N–H and O–H groups in total. The molecule has 0 spiro atoms. The van der Waals surface area contributed by atoms with Gasteiger partial charge in [0.25, 0.3) is 5.91 Å². The van der Waals surface area contributed by atoms with E-state index in [9.17, 15) is 14.0 Å². The molecule has 3 amide bonds. The maximum Gasteiger partial charge on any atom is 0.325 e. The predicted molar refractivity (Wildman–Crippen MR) is 62.0 cm³/mol. The highest BCUT2D eigenvalue weighted by molar-refractivity contribution is 6.06. The second-order valence-electron chi connectivity index (χ2n) is 4.48. The molecule has 1 unspecified atom stereocenters. The number of imide groups is 1. The lowest BCUT2D eigenvalue weighted by Crippen LogP contribution is -2.46. The summed E-state index contributed by atoms with van der Waals surface area (Å²) in [5.74, 6) is -0.781. The molecule has 0 aliphatic carbocycles. The summed E-state index contributed by atoms with van der Waals surface area (Å²) in [5.41, 5.74) is -0.330. The predicted octanol–water partition coefficient (Wildman–Crippen LogP) is 1.44. The third-order valence-corrected chi connectivity index (χ3v) is 3.34. The van der Waals surface area contributed by atoms with E-state index < -0.39 is 17.4 Å². The number of nitrogens with zero attached hydrogens (tertiary/aromatic N) is 2. The van der Waals surface area contributed by atoms with E-state index in [4.69, 9.17) is 0 Å². The van der Waals surface area contributed by atoms with Gasteiger partial charge in [-0.2, -0.15) is 0 Å². The van der Waals surface area contributed by atoms with Crippen LogP contribution in [0.3, 0.4) is 0 Å². The van der Waals surface area contributed by atoms with Crippen LogP contribution < -0.4 is 5.32 Å². The quantitative estimate of drug-likeness (QED) is 0.827. The molecule has 1 aliphatic heterocycles. The van der Waals surface area contributed by atoms with E-state index in [2.05, 4.69) is 10.3 Å². The van der Waals surface area contributed by atoms with E-state index in [0.717, 1.165) is 6.20 Å². The van der Waals surface area contributed by atoms with Gasteiger partial charge in [0.15, 0.2) is 0 Å². The average Bonchev–Trinajstić information content (AvgIpc) is 2.54.